The SMILES string of the molecule is CC(=O)N1CCc2c(sc3nc(SCC(=O)NC(C)C)n(Cc4ccccc4)c(=O)c23)C1. The summed E-state index contributed by atoms with van der Waals surface area (Å²) >= 11 is 2.76. The van der Waals surface area contributed by atoms with E-state index in [9.17, 15) is 14.4 Å². The normalized spacial score (nSPS) is 13.4. The monoisotopic (exact) mass is 470 g/mol. The molecule has 3 heterocycles. The van der Waals surface area contributed by atoms with Crippen LogP contribution >= 0.6 is 23.1 Å². The first-order valence-electron chi connectivity index (χ1n) is 10.6. The van der Waals surface area contributed by atoms with E-state index < -0.39 is 0 Å². The van der Waals surface area contributed by atoms with E-state index >= 15 is 0 Å². The summed E-state index contributed by atoms with van der Waals surface area (Å²) in [4.78, 5) is 46.0. The summed E-state index contributed by atoms with van der Waals surface area (Å²) in [5.41, 5.74) is 1.92. The number of rotatable bonds is 6. The zero-order valence-corrected chi connectivity index (χ0v) is 20.0. The molecule has 1 N–H and O–H groups in total. The minimum atomic E-state index is -0.0896. The quantitative estimate of drug-likeness (QED) is 0.442. The van der Waals surface area contributed by atoms with Gasteiger partial charge in [0.1, 0.15) is 4.83 Å². The second kappa shape index (κ2) is 9.46. The van der Waals surface area contributed by atoms with Gasteiger partial charge in [-0.2, -0.15) is 0 Å². The maximum atomic E-state index is 13.7. The fraction of sp³-hybridized carbons (Fsp3) is 0.391. The van der Waals surface area contributed by atoms with Crippen LogP contribution in [-0.2, 0) is 29.1 Å². The Bertz CT molecular complexity index is 1220. The molecule has 0 unspecified atom stereocenters. The molecule has 0 radical (unpaired) electrons. The molecule has 1 aliphatic rings. The molecule has 0 saturated carbocycles. The van der Waals surface area contributed by atoms with E-state index in [1.54, 1.807) is 16.4 Å². The Kier molecular flexibility index (Phi) is 6.66. The second-order valence-electron chi connectivity index (χ2n) is 8.16. The molecule has 0 saturated heterocycles. The summed E-state index contributed by atoms with van der Waals surface area (Å²) in [5.74, 6) is 0.136. The number of carbonyl (C=O) groups excluding carboxylic acids is 2. The van der Waals surface area contributed by atoms with Crippen molar-refractivity contribution in [3.63, 3.8) is 0 Å². The Labute approximate surface area is 194 Å². The van der Waals surface area contributed by atoms with Crippen LogP contribution in [0.3, 0.4) is 0 Å². The van der Waals surface area contributed by atoms with Gasteiger partial charge in [0.2, 0.25) is 11.8 Å². The number of thioether (sulfide) groups is 1. The molecule has 32 heavy (non-hydrogen) atoms. The second-order valence-corrected chi connectivity index (χ2v) is 10.2. The fourth-order valence-electron chi connectivity index (χ4n) is 3.84. The van der Waals surface area contributed by atoms with E-state index in [0.717, 1.165) is 16.0 Å². The van der Waals surface area contributed by atoms with E-state index in [1.807, 2.05) is 44.2 Å². The first-order valence-corrected chi connectivity index (χ1v) is 12.4. The fourth-order valence-corrected chi connectivity index (χ4v) is 5.92. The molecule has 168 valence electrons. The number of hydrogen-bond donors (Lipinski definition) is 1. The van der Waals surface area contributed by atoms with Gasteiger partial charge in [0.15, 0.2) is 5.16 Å². The summed E-state index contributed by atoms with van der Waals surface area (Å²) < 4.78 is 1.68. The Morgan fingerprint density at radius 2 is 2.00 bits per heavy atom. The van der Waals surface area contributed by atoms with Crippen LogP contribution in [0, 0.1) is 0 Å². The Hall–Kier alpha value is -2.65. The zero-order valence-electron chi connectivity index (χ0n) is 18.4. The number of nitrogens with one attached hydrogen (secondary N) is 1. The maximum absolute atomic E-state index is 13.7. The van der Waals surface area contributed by atoms with Crippen molar-refractivity contribution in [3.05, 3.63) is 56.7 Å². The molecule has 9 heteroatoms. The average Bonchev–Trinajstić information content (AvgIpc) is 3.12. The van der Waals surface area contributed by atoms with Crippen LogP contribution in [0.4, 0.5) is 0 Å². The molecule has 0 atom stereocenters. The molecule has 0 aliphatic carbocycles. The lowest BCUT2D eigenvalue weighted by Crippen LogP contribution is -2.34. The van der Waals surface area contributed by atoms with Gasteiger partial charge in [0, 0.05) is 24.4 Å². The zero-order chi connectivity index (χ0) is 22.8. The summed E-state index contributed by atoms with van der Waals surface area (Å²) in [7, 11) is 0. The smallest absolute Gasteiger partial charge is 0.263 e. The Balaban J connectivity index is 1.76. The third kappa shape index (κ3) is 4.73. The molecule has 4 rings (SSSR count). The van der Waals surface area contributed by atoms with Crippen molar-refractivity contribution in [2.75, 3.05) is 12.3 Å². The number of hydrogen-bond acceptors (Lipinski definition) is 6. The summed E-state index contributed by atoms with van der Waals surface area (Å²) in [6.07, 6.45) is 0.653. The van der Waals surface area contributed by atoms with Crippen LogP contribution < -0.4 is 10.9 Å². The van der Waals surface area contributed by atoms with Crippen LogP contribution in [0.25, 0.3) is 10.2 Å². The number of fused-ring (bicyclic) bond motifs is 3. The van der Waals surface area contributed by atoms with E-state index in [4.69, 9.17) is 4.98 Å². The number of thiophene rings is 1. The van der Waals surface area contributed by atoms with Crippen LogP contribution in [0.5, 0.6) is 0 Å². The first-order chi connectivity index (χ1) is 15.3. The molecule has 0 fully saturated rings. The largest absolute Gasteiger partial charge is 0.353 e. The number of aromatic nitrogens is 2. The molecule has 2 amide bonds. The van der Waals surface area contributed by atoms with Crippen molar-refractivity contribution in [2.45, 2.75) is 51.5 Å². The molecule has 7 nitrogen and oxygen atoms in total. The van der Waals surface area contributed by atoms with Gasteiger partial charge >= 0.3 is 0 Å². The predicted molar refractivity (Wildman–Crippen MR) is 128 cm³/mol. The molecule has 0 spiro atoms. The number of carbonyl (C=O) groups is 2. The molecule has 0 bridgehead atoms. The molecule has 1 aromatic carbocycles. The predicted octanol–water partition coefficient (Wildman–Crippen LogP) is 3.03. The maximum Gasteiger partial charge on any atom is 0.263 e. The minimum Gasteiger partial charge on any atom is -0.353 e. The van der Waals surface area contributed by atoms with Gasteiger partial charge in [-0.3, -0.25) is 19.0 Å². The lowest BCUT2D eigenvalue weighted by atomic mass is 10.1. The highest BCUT2D eigenvalue weighted by Crippen LogP contribution is 2.33. The standard InChI is InChI=1S/C23H26N4O3S2/c1-14(2)24-19(29)13-31-23-25-21-20(17-9-10-26(15(3)28)12-18(17)32-21)22(30)27(23)11-16-7-5-4-6-8-16/h4-8,14H,9-13H2,1-3H3,(H,24,29). The van der Waals surface area contributed by atoms with Crippen molar-refractivity contribution >= 4 is 45.1 Å². The number of amides is 2. The first kappa shape index (κ1) is 22.5. The Morgan fingerprint density at radius 1 is 1.25 bits per heavy atom. The van der Waals surface area contributed by atoms with Gasteiger partial charge in [-0.25, -0.2) is 4.98 Å². The van der Waals surface area contributed by atoms with Crippen molar-refractivity contribution in [1.29, 1.82) is 0 Å². The molecular weight excluding hydrogens is 444 g/mol. The van der Waals surface area contributed by atoms with E-state index in [2.05, 4.69) is 5.32 Å². The average molecular weight is 471 g/mol. The molecule has 2 aromatic heterocycles. The van der Waals surface area contributed by atoms with Gasteiger partial charge in [0.05, 0.1) is 24.2 Å². The van der Waals surface area contributed by atoms with Gasteiger partial charge in [-0.15, -0.1) is 11.3 Å². The minimum absolute atomic E-state index is 0.0370. The topological polar surface area (TPSA) is 84.3 Å². The Morgan fingerprint density at radius 3 is 2.69 bits per heavy atom. The van der Waals surface area contributed by atoms with Crippen molar-refractivity contribution < 1.29 is 9.59 Å². The third-order valence-electron chi connectivity index (χ3n) is 5.34. The van der Waals surface area contributed by atoms with E-state index in [1.165, 1.54) is 23.1 Å². The van der Waals surface area contributed by atoms with E-state index in [0.29, 0.717) is 41.4 Å². The van der Waals surface area contributed by atoms with Gasteiger partial charge in [-0.1, -0.05) is 42.1 Å². The molecular formula is C23H26N4O3S2. The lowest BCUT2D eigenvalue weighted by molar-refractivity contribution is -0.129. The van der Waals surface area contributed by atoms with Crippen molar-refractivity contribution in [1.82, 2.24) is 19.8 Å². The summed E-state index contributed by atoms with van der Waals surface area (Å²) in [6, 6.07) is 9.83. The third-order valence-corrected chi connectivity index (χ3v) is 7.42. The van der Waals surface area contributed by atoms with Crippen LogP contribution in [0.1, 0.15) is 36.8 Å². The summed E-state index contributed by atoms with van der Waals surface area (Å²) in [6.45, 7) is 6.92. The van der Waals surface area contributed by atoms with Crippen molar-refractivity contribution in [3.8, 4) is 0 Å². The van der Waals surface area contributed by atoms with Crippen LogP contribution in [-0.4, -0.2) is 44.6 Å². The van der Waals surface area contributed by atoms with E-state index in [-0.39, 0.29) is 29.2 Å². The van der Waals surface area contributed by atoms with Crippen molar-refractivity contribution in [2.24, 2.45) is 0 Å². The van der Waals surface area contributed by atoms with Gasteiger partial charge < -0.3 is 10.2 Å². The molecule has 3 aromatic rings. The highest BCUT2D eigenvalue weighted by Gasteiger charge is 2.26. The number of benzene rings is 1. The highest BCUT2D eigenvalue weighted by molar-refractivity contribution is 7.99. The number of nitrogens with zero attached hydrogens (tertiary/aromatic N) is 3. The van der Waals surface area contributed by atoms with Gasteiger partial charge in [-0.05, 0) is 31.4 Å². The van der Waals surface area contributed by atoms with Crippen LogP contribution in [0.15, 0.2) is 40.3 Å². The summed E-state index contributed by atoms with van der Waals surface area (Å²) in [5, 5.41) is 4.07. The molecule has 1 aliphatic heterocycles. The lowest BCUT2D eigenvalue weighted by Gasteiger charge is -2.25. The van der Waals surface area contributed by atoms with Crippen LogP contribution in [0.2, 0.25) is 0 Å². The van der Waals surface area contributed by atoms with Gasteiger partial charge in [0.25, 0.3) is 5.56 Å². The highest BCUT2D eigenvalue weighted by atomic mass is 32.2.